The Kier molecular flexibility index (Phi) is 4.86. The summed E-state index contributed by atoms with van der Waals surface area (Å²) in [7, 11) is 0. The lowest BCUT2D eigenvalue weighted by molar-refractivity contribution is -0.154. The summed E-state index contributed by atoms with van der Waals surface area (Å²) >= 11 is 7.19. The number of esters is 1. The maximum absolute atomic E-state index is 13.9. The van der Waals surface area contributed by atoms with Gasteiger partial charge in [-0.15, -0.1) is 11.3 Å². The first-order valence-electron chi connectivity index (χ1n) is 6.04. The number of hydrogen-bond donors (Lipinski definition) is 1. The Morgan fingerprint density at radius 3 is 2.50 bits per heavy atom. The first-order chi connectivity index (χ1) is 9.41. The fourth-order valence-electron chi connectivity index (χ4n) is 1.97. The van der Waals surface area contributed by atoms with Crippen LogP contribution >= 0.6 is 43.2 Å². The van der Waals surface area contributed by atoms with E-state index in [1.54, 1.807) is 6.92 Å². The Hall–Kier alpha value is -0.470. The number of carbonyl (C=O) groups excluding carboxylic acids is 2. The molecule has 1 aromatic heterocycles. The molecule has 0 atom stereocenters. The minimum atomic E-state index is -0.998. The van der Waals surface area contributed by atoms with Crippen molar-refractivity contribution < 1.29 is 18.7 Å². The van der Waals surface area contributed by atoms with Gasteiger partial charge in [0.2, 0.25) is 0 Å². The van der Waals surface area contributed by atoms with Gasteiger partial charge in [-0.1, -0.05) is 0 Å². The molecule has 1 heterocycles. The average molecular weight is 429 g/mol. The summed E-state index contributed by atoms with van der Waals surface area (Å²) in [5, 5.41) is 2.63. The van der Waals surface area contributed by atoms with Crippen molar-refractivity contribution in [1.82, 2.24) is 5.32 Å². The molecule has 110 valence electrons. The highest BCUT2D eigenvalue weighted by atomic mass is 79.9. The number of ether oxygens (including phenoxy) is 1. The van der Waals surface area contributed by atoms with Gasteiger partial charge in [-0.3, -0.25) is 4.79 Å². The summed E-state index contributed by atoms with van der Waals surface area (Å²) < 4.78 is 19.6. The molecule has 0 radical (unpaired) electrons. The van der Waals surface area contributed by atoms with E-state index in [-0.39, 0.29) is 16.0 Å². The van der Waals surface area contributed by atoms with Crippen molar-refractivity contribution in [3.05, 3.63) is 19.0 Å². The van der Waals surface area contributed by atoms with E-state index in [0.717, 1.165) is 17.8 Å². The average Bonchev–Trinajstić information content (AvgIpc) is 2.61. The molecule has 0 saturated heterocycles. The Morgan fingerprint density at radius 2 is 2.10 bits per heavy atom. The van der Waals surface area contributed by atoms with E-state index in [4.69, 9.17) is 4.74 Å². The van der Waals surface area contributed by atoms with Crippen LogP contribution in [-0.2, 0) is 9.53 Å². The van der Waals surface area contributed by atoms with Gasteiger partial charge in [0.25, 0.3) is 5.91 Å². The van der Waals surface area contributed by atoms with Crippen LogP contribution < -0.4 is 5.32 Å². The third-order valence-electron chi connectivity index (χ3n) is 3.19. The Morgan fingerprint density at radius 1 is 1.45 bits per heavy atom. The zero-order valence-corrected chi connectivity index (χ0v) is 14.6. The summed E-state index contributed by atoms with van der Waals surface area (Å²) in [6.07, 6.45) is 1.87. The van der Waals surface area contributed by atoms with Gasteiger partial charge in [-0.2, -0.15) is 0 Å². The molecule has 0 aromatic carbocycles. The third kappa shape index (κ3) is 2.78. The topological polar surface area (TPSA) is 55.4 Å². The minimum Gasteiger partial charge on any atom is -0.464 e. The second kappa shape index (κ2) is 6.11. The van der Waals surface area contributed by atoms with Crippen molar-refractivity contribution in [1.29, 1.82) is 0 Å². The van der Waals surface area contributed by atoms with Gasteiger partial charge in [0.1, 0.15) is 10.4 Å². The standard InChI is InChI=1S/C12H12Br2FNO3S/c1-2-19-11(18)12(4-3-5-12)16-10(17)8-7(15)6(13)9(14)20-8/h2-5H2,1H3,(H,16,17). The molecule has 20 heavy (non-hydrogen) atoms. The van der Waals surface area contributed by atoms with Gasteiger partial charge in [0.05, 0.1) is 14.9 Å². The predicted molar refractivity (Wildman–Crippen MR) is 80.4 cm³/mol. The molecule has 4 nitrogen and oxygen atoms in total. The molecule has 0 spiro atoms. The predicted octanol–water partition coefficient (Wildman–Crippen LogP) is 3.63. The maximum Gasteiger partial charge on any atom is 0.331 e. The van der Waals surface area contributed by atoms with Crippen molar-refractivity contribution >= 4 is 55.1 Å². The van der Waals surface area contributed by atoms with Crippen LogP contribution in [0.5, 0.6) is 0 Å². The Bertz CT molecular complexity index is 557. The van der Waals surface area contributed by atoms with Crippen LogP contribution in [0.2, 0.25) is 0 Å². The van der Waals surface area contributed by atoms with E-state index in [9.17, 15) is 14.0 Å². The molecule has 1 amide bonds. The fourth-order valence-corrected chi connectivity index (χ4v) is 3.89. The molecule has 1 saturated carbocycles. The molecule has 0 unspecified atom stereocenters. The smallest absolute Gasteiger partial charge is 0.331 e. The van der Waals surface area contributed by atoms with Crippen LogP contribution in [-0.4, -0.2) is 24.0 Å². The zero-order valence-electron chi connectivity index (χ0n) is 10.6. The number of amides is 1. The monoisotopic (exact) mass is 427 g/mol. The van der Waals surface area contributed by atoms with E-state index in [1.807, 2.05) is 0 Å². The van der Waals surface area contributed by atoms with Gasteiger partial charge in [-0.25, -0.2) is 9.18 Å². The van der Waals surface area contributed by atoms with E-state index in [0.29, 0.717) is 16.6 Å². The molecule has 1 aromatic rings. The summed E-state index contributed by atoms with van der Waals surface area (Å²) in [6.45, 7) is 1.96. The van der Waals surface area contributed by atoms with Crippen molar-refractivity contribution in [3.63, 3.8) is 0 Å². The first-order valence-corrected chi connectivity index (χ1v) is 8.44. The van der Waals surface area contributed by atoms with Crippen molar-refractivity contribution in [2.24, 2.45) is 0 Å². The third-order valence-corrected chi connectivity index (χ3v) is 6.56. The molecule has 8 heteroatoms. The largest absolute Gasteiger partial charge is 0.464 e. The molecule has 1 fully saturated rings. The van der Waals surface area contributed by atoms with Gasteiger partial charge in [0, 0.05) is 0 Å². The molecule has 2 rings (SSSR count). The quantitative estimate of drug-likeness (QED) is 0.745. The van der Waals surface area contributed by atoms with Crippen LogP contribution in [0.15, 0.2) is 8.26 Å². The zero-order chi connectivity index (χ0) is 14.9. The van der Waals surface area contributed by atoms with Gasteiger partial charge >= 0.3 is 5.97 Å². The number of nitrogens with one attached hydrogen (secondary N) is 1. The van der Waals surface area contributed by atoms with Crippen LogP contribution in [0.25, 0.3) is 0 Å². The second-order valence-corrected chi connectivity index (χ2v) is 7.57. The minimum absolute atomic E-state index is 0.0562. The lowest BCUT2D eigenvalue weighted by Gasteiger charge is -2.39. The van der Waals surface area contributed by atoms with E-state index in [1.165, 1.54) is 0 Å². The number of halogens is 3. The van der Waals surface area contributed by atoms with Crippen LogP contribution in [0, 0.1) is 5.82 Å². The van der Waals surface area contributed by atoms with Gasteiger partial charge in [0.15, 0.2) is 5.82 Å². The van der Waals surface area contributed by atoms with Crippen molar-refractivity contribution in [2.45, 2.75) is 31.7 Å². The molecular weight excluding hydrogens is 417 g/mol. The highest BCUT2D eigenvalue weighted by Gasteiger charge is 2.47. The van der Waals surface area contributed by atoms with Crippen LogP contribution in [0.1, 0.15) is 35.9 Å². The molecule has 0 aliphatic heterocycles. The lowest BCUT2D eigenvalue weighted by Crippen LogP contribution is -2.59. The normalized spacial score (nSPS) is 16.4. The van der Waals surface area contributed by atoms with E-state index in [2.05, 4.69) is 37.2 Å². The number of carbonyl (C=O) groups is 2. The maximum atomic E-state index is 13.9. The Labute approximate surface area is 136 Å². The van der Waals surface area contributed by atoms with E-state index >= 15 is 0 Å². The molecular formula is C12H12Br2FNO3S. The summed E-state index contributed by atoms with van der Waals surface area (Å²) in [6, 6.07) is 0. The van der Waals surface area contributed by atoms with E-state index < -0.39 is 23.2 Å². The van der Waals surface area contributed by atoms with Gasteiger partial charge in [-0.05, 0) is 58.0 Å². The van der Waals surface area contributed by atoms with Gasteiger partial charge < -0.3 is 10.1 Å². The van der Waals surface area contributed by atoms with Crippen LogP contribution in [0.4, 0.5) is 4.39 Å². The number of hydrogen-bond acceptors (Lipinski definition) is 4. The van der Waals surface area contributed by atoms with Crippen molar-refractivity contribution in [3.8, 4) is 0 Å². The SMILES string of the molecule is CCOC(=O)C1(NC(=O)c2sc(Br)c(Br)c2F)CCC1. The summed E-state index contributed by atoms with van der Waals surface area (Å²) in [5.74, 6) is -1.67. The Balaban J connectivity index is 2.17. The number of rotatable bonds is 4. The molecule has 1 aliphatic carbocycles. The molecule has 1 N–H and O–H groups in total. The summed E-state index contributed by atoms with van der Waals surface area (Å²) in [5.41, 5.74) is -0.998. The fraction of sp³-hybridized carbons (Fsp3) is 0.500. The highest BCUT2D eigenvalue weighted by Crippen LogP contribution is 2.38. The second-order valence-electron chi connectivity index (χ2n) is 4.44. The van der Waals surface area contributed by atoms with Crippen molar-refractivity contribution in [2.75, 3.05) is 6.61 Å². The number of thiophene rings is 1. The van der Waals surface area contributed by atoms with Crippen LogP contribution in [0.3, 0.4) is 0 Å². The lowest BCUT2D eigenvalue weighted by atomic mass is 9.76. The summed E-state index contributed by atoms with van der Waals surface area (Å²) in [4.78, 5) is 24.0. The first kappa shape index (κ1) is 15.9. The molecule has 0 bridgehead atoms. The highest BCUT2D eigenvalue weighted by molar-refractivity contribution is 9.13. The molecule has 1 aliphatic rings.